The molecule has 1 aromatic heterocycles. The molecule has 0 unspecified atom stereocenters. The topological polar surface area (TPSA) is 41.4 Å². The molecule has 5 nitrogen and oxygen atoms in total. The first kappa shape index (κ1) is 18.1. The Balaban J connectivity index is 1.34. The first-order valence-corrected chi connectivity index (χ1v) is 10.4. The van der Waals surface area contributed by atoms with Crippen LogP contribution in [0, 0.1) is 5.92 Å². The molecule has 6 rings (SSSR count). The maximum absolute atomic E-state index is 13.4. The van der Waals surface area contributed by atoms with Crippen molar-refractivity contribution in [3.05, 3.63) is 84.2 Å². The average Bonchev–Trinajstić information content (AvgIpc) is 3.17. The molecule has 2 atom stereocenters. The van der Waals surface area contributed by atoms with Crippen LogP contribution in [0.4, 0.5) is 0 Å². The van der Waals surface area contributed by atoms with Crippen LogP contribution in [-0.2, 0) is 6.54 Å². The first-order valence-electron chi connectivity index (χ1n) is 10.4. The Morgan fingerprint density at radius 2 is 1.86 bits per heavy atom. The number of amides is 1. The third kappa shape index (κ3) is 3.83. The van der Waals surface area contributed by atoms with E-state index < -0.39 is 0 Å². The van der Waals surface area contributed by atoms with Crippen molar-refractivity contribution in [2.24, 2.45) is 5.92 Å². The Bertz CT molecular complexity index is 970. The fraction of sp³-hybridized carbons (Fsp3) is 0.333. The fourth-order valence-corrected chi connectivity index (χ4v) is 4.77. The minimum atomic E-state index is 0.148. The number of nitrogens with zero attached hydrogens (tertiary/aromatic N) is 4. The van der Waals surface area contributed by atoms with Crippen molar-refractivity contribution in [3.63, 3.8) is 0 Å². The maximum Gasteiger partial charge on any atom is 0.254 e. The molecule has 3 aliphatic rings. The molecule has 3 aromatic rings. The van der Waals surface area contributed by atoms with E-state index in [2.05, 4.69) is 45.2 Å². The van der Waals surface area contributed by atoms with Gasteiger partial charge in [0.25, 0.3) is 5.91 Å². The van der Waals surface area contributed by atoms with E-state index in [0.29, 0.717) is 12.0 Å². The zero-order chi connectivity index (χ0) is 19.6. The van der Waals surface area contributed by atoms with E-state index in [1.165, 1.54) is 12.0 Å². The molecule has 148 valence electrons. The van der Waals surface area contributed by atoms with E-state index in [9.17, 15) is 4.79 Å². The Hall–Kier alpha value is -2.92. The van der Waals surface area contributed by atoms with Crippen molar-refractivity contribution in [1.82, 2.24) is 19.6 Å². The van der Waals surface area contributed by atoms with Crippen LogP contribution >= 0.6 is 0 Å². The minimum absolute atomic E-state index is 0.148. The highest BCUT2D eigenvalue weighted by molar-refractivity contribution is 5.95. The summed E-state index contributed by atoms with van der Waals surface area (Å²) in [6.07, 6.45) is 5.97. The van der Waals surface area contributed by atoms with E-state index >= 15 is 0 Å². The molecule has 0 aliphatic carbocycles. The number of aromatic nitrogens is 2. The minimum Gasteiger partial charge on any atom is -0.334 e. The van der Waals surface area contributed by atoms with Gasteiger partial charge >= 0.3 is 0 Å². The van der Waals surface area contributed by atoms with Crippen LogP contribution in [0.5, 0.6) is 0 Å². The Labute approximate surface area is 171 Å². The van der Waals surface area contributed by atoms with Gasteiger partial charge in [0.05, 0.1) is 5.69 Å². The highest BCUT2D eigenvalue weighted by Gasteiger charge is 2.37. The van der Waals surface area contributed by atoms with Gasteiger partial charge in [-0.2, -0.15) is 5.10 Å². The van der Waals surface area contributed by atoms with E-state index in [1.54, 1.807) is 10.9 Å². The molecule has 3 aliphatic heterocycles. The maximum atomic E-state index is 13.4. The van der Waals surface area contributed by atoms with Gasteiger partial charge in [-0.25, -0.2) is 4.68 Å². The lowest BCUT2D eigenvalue weighted by atomic mass is 9.94. The molecular weight excluding hydrogens is 360 g/mol. The monoisotopic (exact) mass is 386 g/mol. The quantitative estimate of drug-likeness (QED) is 0.688. The van der Waals surface area contributed by atoms with Crippen molar-refractivity contribution < 1.29 is 4.79 Å². The lowest BCUT2D eigenvalue weighted by Crippen LogP contribution is -2.47. The van der Waals surface area contributed by atoms with Crippen molar-refractivity contribution in [3.8, 4) is 5.69 Å². The van der Waals surface area contributed by atoms with E-state index in [1.807, 2.05) is 36.5 Å². The molecule has 2 bridgehead atoms. The highest BCUT2D eigenvalue weighted by atomic mass is 16.2. The number of benzene rings is 2. The number of carbonyl (C=O) groups is 1. The Kier molecular flexibility index (Phi) is 4.90. The van der Waals surface area contributed by atoms with Gasteiger partial charge in [-0.1, -0.05) is 36.4 Å². The number of hydrogen-bond donors (Lipinski definition) is 0. The molecule has 0 saturated carbocycles. The molecule has 2 aromatic carbocycles. The van der Waals surface area contributed by atoms with Crippen molar-refractivity contribution in [2.45, 2.75) is 25.4 Å². The number of rotatable bonds is 4. The summed E-state index contributed by atoms with van der Waals surface area (Å²) >= 11 is 0. The van der Waals surface area contributed by atoms with Gasteiger partial charge in [-0.3, -0.25) is 9.69 Å². The summed E-state index contributed by atoms with van der Waals surface area (Å²) < 4.78 is 1.80. The van der Waals surface area contributed by atoms with Crippen LogP contribution in [0.25, 0.3) is 5.69 Å². The van der Waals surface area contributed by atoms with Gasteiger partial charge in [0, 0.05) is 50.2 Å². The third-order valence-corrected chi connectivity index (χ3v) is 6.16. The normalized spacial score (nSPS) is 21.9. The summed E-state index contributed by atoms with van der Waals surface area (Å²) in [7, 11) is 0. The molecule has 4 heterocycles. The van der Waals surface area contributed by atoms with Gasteiger partial charge < -0.3 is 4.90 Å². The second-order valence-corrected chi connectivity index (χ2v) is 8.24. The molecule has 3 fully saturated rings. The van der Waals surface area contributed by atoms with Crippen LogP contribution in [0.3, 0.4) is 0 Å². The second-order valence-electron chi connectivity index (χ2n) is 8.24. The molecule has 0 N–H and O–H groups in total. The second kappa shape index (κ2) is 7.84. The summed E-state index contributed by atoms with van der Waals surface area (Å²) in [5, 5.41) is 4.29. The van der Waals surface area contributed by atoms with E-state index in [0.717, 1.165) is 43.9 Å². The molecule has 3 saturated heterocycles. The van der Waals surface area contributed by atoms with Crippen LogP contribution in [0.2, 0.25) is 0 Å². The smallest absolute Gasteiger partial charge is 0.254 e. The number of piperidine rings is 1. The van der Waals surface area contributed by atoms with Crippen LogP contribution < -0.4 is 0 Å². The standard InChI is InChI=1S/C24H26N4O/c29-24(21-8-4-9-22(14-21)28-13-5-12-25-28)27-17-20-10-11-23(27)18-26(16-20)15-19-6-2-1-3-7-19/h1-9,12-14,20,23H,10-11,15-18H2/t20-,23+/m0/s1. The summed E-state index contributed by atoms with van der Waals surface area (Å²) in [6, 6.07) is 20.6. The van der Waals surface area contributed by atoms with Gasteiger partial charge in [-0.15, -0.1) is 0 Å². The summed E-state index contributed by atoms with van der Waals surface area (Å²) in [5.41, 5.74) is 3.02. The summed E-state index contributed by atoms with van der Waals surface area (Å²) in [5.74, 6) is 0.700. The van der Waals surface area contributed by atoms with E-state index in [4.69, 9.17) is 0 Å². The third-order valence-electron chi connectivity index (χ3n) is 6.16. The molecule has 1 amide bonds. The van der Waals surface area contributed by atoms with E-state index in [-0.39, 0.29) is 5.91 Å². The lowest BCUT2D eigenvalue weighted by molar-refractivity contribution is 0.0585. The Morgan fingerprint density at radius 1 is 0.966 bits per heavy atom. The molecule has 0 radical (unpaired) electrons. The highest BCUT2D eigenvalue weighted by Crippen LogP contribution is 2.30. The largest absolute Gasteiger partial charge is 0.334 e. The van der Waals surface area contributed by atoms with Gasteiger partial charge in [0.15, 0.2) is 0 Å². The van der Waals surface area contributed by atoms with Gasteiger partial charge in [0.2, 0.25) is 0 Å². The molecule has 29 heavy (non-hydrogen) atoms. The average molecular weight is 386 g/mol. The van der Waals surface area contributed by atoms with Crippen LogP contribution in [0.15, 0.2) is 73.1 Å². The summed E-state index contributed by atoms with van der Waals surface area (Å²) in [4.78, 5) is 18.1. The Morgan fingerprint density at radius 3 is 2.69 bits per heavy atom. The molecule has 5 heteroatoms. The number of carbonyl (C=O) groups excluding carboxylic acids is 1. The van der Waals surface area contributed by atoms with Crippen molar-refractivity contribution >= 4 is 5.91 Å². The van der Waals surface area contributed by atoms with Crippen LogP contribution in [0.1, 0.15) is 28.8 Å². The predicted molar refractivity (Wildman–Crippen MR) is 113 cm³/mol. The van der Waals surface area contributed by atoms with Crippen molar-refractivity contribution in [2.75, 3.05) is 19.6 Å². The van der Waals surface area contributed by atoms with Crippen molar-refractivity contribution in [1.29, 1.82) is 0 Å². The summed E-state index contributed by atoms with van der Waals surface area (Å²) in [6.45, 7) is 3.85. The zero-order valence-corrected chi connectivity index (χ0v) is 16.5. The van der Waals surface area contributed by atoms with Gasteiger partial charge in [-0.05, 0) is 48.6 Å². The SMILES string of the molecule is O=C(c1cccc(-n2cccn2)c1)N1C[C@H]2CC[C@@H]1CN(Cc1ccccc1)C2. The lowest BCUT2D eigenvalue weighted by Gasteiger charge is -2.36. The van der Waals surface area contributed by atoms with Gasteiger partial charge in [0.1, 0.15) is 0 Å². The number of fused-ring (bicyclic) bond motifs is 4. The molecule has 0 spiro atoms. The number of hydrogen-bond acceptors (Lipinski definition) is 3. The predicted octanol–water partition coefficient (Wildman–Crippen LogP) is 3.61. The molecular formula is C24H26N4O. The first-order chi connectivity index (χ1) is 14.3. The van der Waals surface area contributed by atoms with Crippen LogP contribution in [-0.4, -0.2) is 51.2 Å². The fourth-order valence-electron chi connectivity index (χ4n) is 4.77. The zero-order valence-electron chi connectivity index (χ0n) is 16.5.